The Bertz CT molecular complexity index is 182. The molecule has 0 bridgehead atoms. The largest absolute Gasteiger partial charge is 0.480 e. The SMILES string of the molecule is CCC(O)C(N)(CC=O)C(=O)O. The maximum Gasteiger partial charge on any atom is 0.326 e. The minimum absolute atomic E-state index is 0.205. The Hall–Kier alpha value is -0.940. The number of carbonyl (C=O) groups is 2. The molecule has 0 amide bonds. The molecule has 5 nitrogen and oxygen atoms in total. The smallest absolute Gasteiger partial charge is 0.326 e. The topological polar surface area (TPSA) is 101 Å². The van der Waals surface area contributed by atoms with Crippen LogP contribution in [0.25, 0.3) is 0 Å². The van der Waals surface area contributed by atoms with Crippen molar-refractivity contribution in [1.29, 1.82) is 0 Å². The van der Waals surface area contributed by atoms with Crippen molar-refractivity contribution in [1.82, 2.24) is 0 Å². The second-order valence-electron chi connectivity index (χ2n) is 2.64. The summed E-state index contributed by atoms with van der Waals surface area (Å²) in [5.74, 6) is -1.36. The van der Waals surface area contributed by atoms with Crippen LogP contribution in [0.4, 0.5) is 0 Å². The molecule has 0 aliphatic carbocycles. The molecule has 0 aliphatic heterocycles. The molecule has 0 saturated heterocycles. The van der Waals surface area contributed by atoms with Crippen molar-refractivity contribution < 1.29 is 19.8 Å². The molecule has 0 aliphatic rings. The van der Waals surface area contributed by atoms with Crippen molar-refractivity contribution in [2.45, 2.75) is 31.4 Å². The van der Waals surface area contributed by atoms with Gasteiger partial charge in [-0.3, -0.25) is 4.79 Å². The van der Waals surface area contributed by atoms with E-state index in [1.165, 1.54) is 0 Å². The molecule has 0 rings (SSSR count). The predicted molar refractivity (Wildman–Crippen MR) is 41.5 cm³/mol. The third-order valence-corrected chi connectivity index (χ3v) is 1.80. The normalized spacial score (nSPS) is 17.9. The molecule has 0 aromatic rings. The minimum atomic E-state index is -1.84. The first-order valence-corrected chi connectivity index (χ1v) is 3.63. The summed E-state index contributed by atoms with van der Waals surface area (Å²) in [5, 5.41) is 17.8. The maximum absolute atomic E-state index is 10.6. The third-order valence-electron chi connectivity index (χ3n) is 1.80. The Morgan fingerprint density at radius 3 is 2.50 bits per heavy atom. The fraction of sp³-hybridized carbons (Fsp3) is 0.714. The minimum Gasteiger partial charge on any atom is -0.480 e. The zero-order valence-corrected chi connectivity index (χ0v) is 6.86. The summed E-state index contributed by atoms with van der Waals surface area (Å²) in [7, 11) is 0. The van der Waals surface area contributed by atoms with Gasteiger partial charge in [0.05, 0.1) is 6.10 Å². The lowest BCUT2D eigenvalue weighted by Crippen LogP contribution is -2.57. The van der Waals surface area contributed by atoms with Gasteiger partial charge in [0, 0.05) is 6.42 Å². The quantitative estimate of drug-likeness (QED) is 0.471. The zero-order chi connectivity index (χ0) is 9.78. The Morgan fingerprint density at radius 1 is 1.75 bits per heavy atom. The number of carboxylic acid groups (broad SMARTS) is 1. The standard InChI is InChI=1S/C7H13NO4/c1-2-5(10)7(8,3-4-9)6(11)12/h4-5,10H,2-3,8H2,1H3,(H,11,12). The molecule has 0 fully saturated rings. The molecule has 0 heterocycles. The van der Waals surface area contributed by atoms with Crippen LogP contribution in [0.1, 0.15) is 19.8 Å². The van der Waals surface area contributed by atoms with E-state index in [-0.39, 0.29) is 12.8 Å². The van der Waals surface area contributed by atoms with E-state index in [0.29, 0.717) is 6.29 Å². The highest BCUT2D eigenvalue weighted by atomic mass is 16.4. The fourth-order valence-corrected chi connectivity index (χ4v) is 0.868. The number of aldehydes is 1. The van der Waals surface area contributed by atoms with Gasteiger partial charge in [-0.05, 0) is 6.42 Å². The van der Waals surface area contributed by atoms with Gasteiger partial charge >= 0.3 is 5.97 Å². The van der Waals surface area contributed by atoms with E-state index in [1.807, 2.05) is 0 Å². The summed E-state index contributed by atoms with van der Waals surface area (Å²) in [6, 6.07) is 0. The van der Waals surface area contributed by atoms with Gasteiger partial charge in [0.25, 0.3) is 0 Å². The predicted octanol–water partition coefficient (Wildman–Crippen LogP) is -0.872. The van der Waals surface area contributed by atoms with Crippen LogP contribution >= 0.6 is 0 Å². The number of hydrogen-bond donors (Lipinski definition) is 3. The van der Waals surface area contributed by atoms with Gasteiger partial charge in [-0.25, -0.2) is 0 Å². The van der Waals surface area contributed by atoms with E-state index < -0.39 is 17.6 Å². The molecule has 0 radical (unpaired) electrons. The summed E-state index contributed by atoms with van der Waals surface area (Å²) in [6.45, 7) is 1.60. The van der Waals surface area contributed by atoms with Crippen molar-refractivity contribution in [3.05, 3.63) is 0 Å². The summed E-state index contributed by atoms with van der Waals surface area (Å²) < 4.78 is 0. The molecule has 0 aromatic carbocycles. The first kappa shape index (κ1) is 11.1. The number of carboxylic acids is 1. The average Bonchev–Trinajstić information content (AvgIpc) is 2.03. The first-order valence-electron chi connectivity index (χ1n) is 3.63. The fourth-order valence-electron chi connectivity index (χ4n) is 0.868. The second-order valence-corrected chi connectivity index (χ2v) is 2.64. The molecule has 0 saturated carbocycles. The highest BCUT2D eigenvalue weighted by Gasteiger charge is 2.40. The average molecular weight is 175 g/mol. The van der Waals surface area contributed by atoms with E-state index in [1.54, 1.807) is 6.92 Å². The van der Waals surface area contributed by atoms with Crippen LogP contribution in [0.2, 0.25) is 0 Å². The number of hydrogen-bond acceptors (Lipinski definition) is 4. The summed E-state index contributed by atoms with van der Waals surface area (Å²) >= 11 is 0. The number of aliphatic hydroxyl groups excluding tert-OH is 1. The lowest BCUT2D eigenvalue weighted by atomic mass is 9.89. The summed E-state index contributed by atoms with van der Waals surface area (Å²) in [5.41, 5.74) is 3.49. The van der Waals surface area contributed by atoms with Crippen LogP contribution in [0, 0.1) is 0 Å². The van der Waals surface area contributed by atoms with Gasteiger partial charge < -0.3 is 20.7 Å². The Kier molecular flexibility index (Phi) is 3.85. The van der Waals surface area contributed by atoms with Crippen LogP contribution in [0.15, 0.2) is 0 Å². The zero-order valence-electron chi connectivity index (χ0n) is 6.86. The van der Waals surface area contributed by atoms with E-state index in [9.17, 15) is 14.7 Å². The molecular weight excluding hydrogens is 162 g/mol. The van der Waals surface area contributed by atoms with Gasteiger partial charge in [0.2, 0.25) is 0 Å². The molecule has 0 aromatic heterocycles. The lowest BCUT2D eigenvalue weighted by molar-refractivity contribution is -0.149. The maximum atomic E-state index is 10.6. The monoisotopic (exact) mass is 175 g/mol. The van der Waals surface area contributed by atoms with E-state index >= 15 is 0 Å². The molecule has 70 valence electrons. The molecule has 2 atom stereocenters. The van der Waals surface area contributed by atoms with Crippen LogP contribution in [-0.4, -0.2) is 34.1 Å². The van der Waals surface area contributed by atoms with E-state index in [2.05, 4.69) is 0 Å². The number of carbonyl (C=O) groups excluding carboxylic acids is 1. The molecular formula is C7H13NO4. The van der Waals surface area contributed by atoms with Gasteiger partial charge in [-0.15, -0.1) is 0 Å². The third kappa shape index (κ3) is 2.02. The van der Waals surface area contributed by atoms with Crippen molar-refractivity contribution in [3.63, 3.8) is 0 Å². The number of aliphatic hydroxyl groups is 1. The second kappa shape index (κ2) is 4.18. The van der Waals surface area contributed by atoms with Crippen LogP contribution in [0.3, 0.4) is 0 Å². The number of nitrogens with two attached hydrogens (primary N) is 1. The van der Waals surface area contributed by atoms with Crippen molar-refractivity contribution in [3.8, 4) is 0 Å². The van der Waals surface area contributed by atoms with Gasteiger partial charge in [0.15, 0.2) is 0 Å². The Balaban J connectivity index is 4.59. The highest BCUT2D eigenvalue weighted by molar-refractivity contribution is 5.82. The number of aliphatic carboxylic acids is 1. The number of rotatable bonds is 5. The molecule has 4 N–H and O–H groups in total. The van der Waals surface area contributed by atoms with Crippen LogP contribution in [-0.2, 0) is 9.59 Å². The van der Waals surface area contributed by atoms with Gasteiger partial charge in [-0.1, -0.05) is 6.92 Å². The van der Waals surface area contributed by atoms with Crippen molar-refractivity contribution >= 4 is 12.3 Å². The molecule has 0 spiro atoms. The molecule has 5 heteroatoms. The Labute approximate surface area is 70.2 Å². The van der Waals surface area contributed by atoms with Crippen LogP contribution in [0.5, 0.6) is 0 Å². The van der Waals surface area contributed by atoms with Crippen LogP contribution < -0.4 is 5.73 Å². The van der Waals surface area contributed by atoms with Crippen molar-refractivity contribution in [2.75, 3.05) is 0 Å². The van der Waals surface area contributed by atoms with E-state index in [0.717, 1.165) is 0 Å². The molecule has 2 unspecified atom stereocenters. The van der Waals surface area contributed by atoms with Gasteiger partial charge in [-0.2, -0.15) is 0 Å². The van der Waals surface area contributed by atoms with Crippen molar-refractivity contribution in [2.24, 2.45) is 5.73 Å². The highest BCUT2D eigenvalue weighted by Crippen LogP contribution is 2.14. The summed E-state index contributed by atoms with van der Waals surface area (Å²) in [4.78, 5) is 20.7. The van der Waals surface area contributed by atoms with Gasteiger partial charge in [0.1, 0.15) is 11.8 Å². The lowest BCUT2D eigenvalue weighted by Gasteiger charge is -2.27. The first-order chi connectivity index (χ1) is 5.49. The van der Waals surface area contributed by atoms with E-state index in [4.69, 9.17) is 10.8 Å². The molecule has 12 heavy (non-hydrogen) atoms. The summed E-state index contributed by atoms with van der Waals surface area (Å²) in [6.07, 6.45) is -0.971. The Morgan fingerprint density at radius 2 is 2.25 bits per heavy atom.